The maximum absolute atomic E-state index is 13.3. The van der Waals surface area contributed by atoms with Crippen LogP contribution in [0.4, 0.5) is 26.3 Å². The van der Waals surface area contributed by atoms with Crippen molar-refractivity contribution < 1.29 is 26.3 Å². The highest BCUT2D eigenvalue weighted by molar-refractivity contribution is 5.11. The molecular weight excluding hydrogens is 294 g/mol. The predicted octanol–water partition coefficient (Wildman–Crippen LogP) is 6.53. The van der Waals surface area contributed by atoms with Gasteiger partial charge in [0.2, 0.25) is 0 Å². The lowest BCUT2D eigenvalue weighted by atomic mass is 9.75. The monoisotopic (exact) mass is 318 g/mol. The molecule has 0 heterocycles. The third kappa shape index (κ3) is 5.91. The smallest absolute Gasteiger partial charge is 0.170 e. The molecule has 0 spiro atoms. The van der Waals surface area contributed by atoms with E-state index in [1.165, 1.54) is 0 Å². The molecule has 21 heavy (non-hydrogen) atoms. The molecular formula is C15H24F6. The lowest BCUT2D eigenvalue weighted by Crippen LogP contribution is -2.49. The van der Waals surface area contributed by atoms with Crippen molar-refractivity contribution in [1.82, 2.24) is 0 Å². The van der Waals surface area contributed by atoms with Crippen LogP contribution in [0.1, 0.15) is 54.4 Å². The Bertz CT molecular complexity index is 346. The van der Waals surface area contributed by atoms with Gasteiger partial charge < -0.3 is 0 Å². The van der Waals surface area contributed by atoms with Gasteiger partial charge in [0.05, 0.1) is 0 Å². The molecule has 0 saturated heterocycles. The van der Waals surface area contributed by atoms with Crippen molar-refractivity contribution in [2.45, 2.75) is 66.7 Å². The number of hydrogen-bond donors (Lipinski definition) is 0. The van der Waals surface area contributed by atoms with Crippen molar-refractivity contribution in [1.29, 1.82) is 0 Å². The van der Waals surface area contributed by atoms with E-state index in [0.29, 0.717) is 6.08 Å². The summed E-state index contributed by atoms with van der Waals surface area (Å²) in [5.41, 5.74) is -5.17. The normalized spacial score (nSPS) is 15.8. The minimum Gasteiger partial charge on any atom is -0.170 e. The summed E-state index contributed by atoms with van der Waals surface area (Å²) in [7, 11) is 0. The largest absolute Gasteiger partial charge is 0.406 e. The molecule has 6 heteroatoms. The van der Waals surface area contributed by atoms with Gasteiger partial charge >= 0.3 is 12.4 Å². The molecule has 0 radical (unpaired) electrons. The van der Waals surface area contributed by atoms with Crippen LogP contribution in [0.2, 0.25) is 0 Å². The van der Waals surface area contributed by atoms with Gasteiger partial charge in [-0.15, -0.1) is 0 Å². The molecule has 0 aromatic rings. The molecule has 0 nitrogen and oxygen atoms in total. The Morgan fingerprint density at radius 2 is 1.00 bits per heavy atom. The quantitative estimate of drug-likeness (QED) is 0.410. The molecule has 0 amide bonds. The SMILES string of the molecule is CC(C)(C)/C=C/C(CCC(C)(C)C)(C(F)(F)F)C(F)(F)F. The third-order valence-corrected chi connectivity index (χ3v) is 3.15. The molecule has 0 bridgehead atoms. The van der Waals surface area contributed by atoms with E-state index in [2.05, 4.69) is 0 Å². The average Bonchev–Trinajstić information content (AvgIpc) is 2.09. The van der Waals surface area contributed by atoms with Gasteiger partial charge in [0, 0.05) is 0 Å². The lowest BCUT2D eigenvalue weighted by molar-refractivity contribution is -0.324. The van der Waals surface area contributed by atoms with Crippen LogP contribution in [0.15, 0.2) is 12.2 Å². The zero-order valence-corrected chi connectivity index (χ0v) is 13.3. The number of rotatable bonds is 3. The van der Waals surface area contributed by atoms with Crippen molar-refractivity contribution in [2.75, 3.05) is 0 Å². The second kappa shape index (κ2) is 5.84. The number of alkyl halides is 6. The molecule has 0 aliphatic heterocycles. The summed E-state index contributed by atoms with van der Waals surface area (Å²) in [5.74, 6) is 0. The van der Waals surface area contributed by atoms with E-state index in [4.69, 9.17) is 0 Å². The maximum Gasteiger partial charge on any atom is 0.406 e. The fourth-order valence-corrected chi connectivity index (χ4v) is 1.68. The van der Waals surface area contributed by atoms with Crippen molar-refractivity contribution in [3.8, 4) is 0 Å². The van der Waals surface area contributed by atoms with Crippen molar-refractivity contribution in [3.63, 3.8) is 0 Å². The molecule has 0 aliphatic carbocycles. The van der Waals surface area contributed by atoms with Crippen LogP contribution in [0.3, 0.4) is 0 Å². The van der Waals surface area contributed by atoms with Crippen LogP contribution in [0.25, 0.3) is 0 Å². The zero-order chi connectivity index (χ0) is 17.3. The standard InChI is InChI=1S/C15H24F6/c1-11(2,3)7-9-13(14(16,17)18,15(19,20)21)10-8-12(4,5)6/h7,9H,8,10H2,1-6H3/b9-7+. The summed E-state index contributed by atoms with van der Waals surface area (Å²) >= 11 is 0. The van der Waals surface area contributed by atoms with E-state index >= 15 is 0 Å². The lowest BCUT2D eigenvalue weighted by Gasteiger charge is -2.37. The minimum atomic E-state index is -5.38. The van der Waals surface area contributed by atoms with E-state index in [-0.39, 0.29) is 6.42 Å². The maximum atomic E-state index is 13.3. The minimum absolute atomic E-state index is 0.180. The predicted molar refractivity (Wildman–Crippen MR) is 71.8 cm³/mol. The first kappa shape index (κ1) is 20.3. The highest BCUT2D eigenvalue weighted by Crippen LogP contribution is 2.55. The van der Waals surface area contributed by atoms with E-state index < -0.39 is 35.0 Å². The summed E-state index contributed by atoms with van der Waals surface area (Å²) in [6.45, 7) is 9.55. The molecule has 0 atom stereocenters. The first-order valence-electron chi connectivity index (χ1n) is 6.75. The Labute approximate surface area is 122 Å². The van der Waals surface area contributed by atoms with E-state index in [0.717, 1.165) is 6.08 Å². The van der Waals surface area contributed by atoms with E-state index in [1.54, 1.807) is 41.5 Å². The molecule has 0 rings (SSSR count). The van der Waals surface area contributed by atoms with Crippen LogP contribution < -0.4 is 0 Å². The molecule has 0 aromatic heterocycles. The van der Waals surface area contributed by atoms with Gasteiger partial charge in [-0.05, 0) is 23.7 Å². The van der Waals surface area contributed by atoms with Crippen LogP contribution >= 0.6 is 0 Å². The van der Waals surface area contributed by atoms with Gasteiger partial charge in [-0.25, -0.2) is 0 Å². The molecule has 126 valence electrons. The summed E-state index contributed by atoms with van der Waals surface area (Å²) in [4.78, 5) is 0. The summed E-state index contributed by atoms with van der Waals surface area (Å²) in [5, 5.41) is 0. The van der Waals surface area contributed by atoms with Gasteiger partial charge in [-0.1, -0.05) is 53.7 Å². The topological polar surface area (TPSA) is 0 Å². The average molecular weight is 318 g/mol. The fourth-order valence-electron chi connectivity index (χ4n) is 1.68. The van der Waals surface area contributed by atoms with Gasteiger partial charge in [-0.3, -0.25) is 0 Å². The van der Waals surface area contributed by atoms with E-state index in [9.17, 15) is 26.3 Å². The summed E-state index contributed by atoms with van der Waals surface area (Å²) in [6, 6.07) is 0. The number of hydrogen-bond acceptors (Lipinski definition) is 0. The van der Waals surface area contributed by atoms with Crippen LogP contribution in [0, 0.1) is 16.2 Å². The Balaban J connectivity index is 5.86. The second-order valence-electron chi connectivity index (χ2n) is 7.73. The Morgan fingerprint density at radius 1 is 0.619 bits per heavy atom. The molecule has 0 saturated carbocycles. The second-order valence-corrected chi connectivity index (χ2v) is 7.73. The van der Waals surface area contributed by atoms with E-state index in [1.807, 2.05) is 0 Å². The summed E-state index contributed by atoms with van der Waals surface area (Å²) < 4.78 is 79.5. The molecule has 0 fully saturated rings. The highest BCUT2D eigenvalue weighted by atomic mass is 19.4. The summed E-state index contributed by atoms with van der Waals surface area (Å²) in [6.07, 6.45) is -10.6. The third-order valence-electron chi connectivity index (χ3n) is 3.15. The van der Waals surface area contributed by atoms with Gasteiger partial charge in [0.1, 0.15) is 0 Å². The number of halogens is 6. The highest BCUT2D eigenvalue weighted by Gasteiger charge is 2.68. The van der Waals surface area contributed by atoms with Crippen LogP contribution in [0.5, 0.6) is 0 Å². The molecule has 0 N–H and O–H groups in total. The molecule has 0 aromatic carbocycles. The van der Waals surface area contributed by atoms with Gasteiger partial charge in [0.25, 0.3) is 0 Å². The fraction of sp³-hybridized carbons (Fsp3) is 0.867. The zero-order valence-electron chi connectivity index (χ0n) is 13.3. The Kier molecular flexibility index (Phi) is 5.65. The van der Waals surface area contributed by atoms with Crippen molar-refractivity contribution >= 4 is 0 Å². The van der Waals surface area contributed by atoms with Gasteiger partial charge in [0.15, 0.2) is 5.41 Å². The molecule has 0 aliphatic rings. The number of allylic oxidation sites excluding steroid dienone is 2. The molecule has 0 unspecified atom stereocenters. The van der Waals surface area contributed by atoms with Crippen molar-refractivity contribution in [3.05, 3.63) is 12.2 Å². The first-order chi connectivity index (χ1) is 8.91. The van der Waals surface area contributed by atoms with Gasteiger partial charge in [-0.2, -0.15) is 26.3 Å². The van der Waals surface area contributed by atoms with Crippen LogP contribution in [-0.2, 0) is 0 Å². The first-order valence-corrected chi connectivity index (χ1v) is 6.75. The Hall–Kier alpha value is -0.680. The van der Waals surface area contributed by atoms with Crippen molar-refractivity contribution in [2.24, 2.45) is 16.2 Å². The van der Waals surface area contributed by atoms with Crippen LogP contribution in [-0.4, -0.2) is 12.4 Å². The Morgan fingerprint density at radius 3 is 1.24 bits per heavy atom.